The molecule has 0 heteroatoms. The summed E-state index contributed by atoms with van der Waals surface area (Å²) in [6.45, 7) is 28.2. The van der Waals surface area contributed by atoms with Crippen LogP contribution in [0.15, 0.2) is 94.7 Å². The number of hydrogen-bond donors (Lipinski definition) is 0. The topological polar surface area (TPSA) is 0 Å². The molecule has 0 nitrogen and oxygen atoms in total. The van der Waals surface area contributed by atoms with Gasteiger partial charge in [-0.05, 0) is 118 Å². The Labute approximate surface area is 237 Å². The van der Waals surface area contributed by atoms with E-state index >= 15 is 0 Å². The molecule has 0 aromatic rings. The van der Waals surface area contributed by atoms with Crippen LogP contribution in [-0.2, 0) is 0 Å². The summed E-state index contributed by atoms with van der Waals surface area (Å²) in [7, 11) is 0. The van der Waals surface area contributed by atoms with Crippen molar-refractivity contribution in [1.82, 2.24) is 0 Å². The zero-order valence-corrected chi connectivity index (χ0v) is 26.5. The summed E-state index contributed by atoms with van der Waals surface area (Å²) in [5, 5.41) is 0. The summed E-state index contributed by atoms with van der Waals surface area (Å²) in [5.74, 6) is 4.09. The second-order valence-electron chi connectivity index (χ2n) is 12.8. The van der Waals surface area contributed by atoms with E-state index in [0.29, 0.717) is 41.4 Å². The van der Waals surface area contributed by atoms with E-state index in [1.165, 1.54) is 40.7 Å². The highest BCUT2D eigenvalue weighted by molar-refractivity contribution is 5.46. The van der Waals surface area contributed by atoms with Gasteiger partial charge >= 0.3 is 0 Å². The molecule has 2 rings (SSSR count). The Morgan fingerprint density at radius 1 is 1.08 bits per heavy atom. The average Bonchev–Trinajstić information content (AvgIpc) is 3.30. The predicted octanol–water partition coefficient (Wildman–Crippen LogP) is 11.8. The second-order valence-corrected chi connectivity index (χ2v) is 12.8. The standard InChI is InChI=1S/C38H58/c1-12-26(3)21-28(5)23-32(9)38-33(10)29(6)18-16-14-15-17-27(4)22-31(8)37(13-2)36-20-19-35(25-36)24-30(7)34(38)11/h12,14-17,19,21,24-25,27,29,31-33,37-38H,11,13,18,20,22-23H2,1-10H3/b16-14-,17-15+,26-12+,28-21+,30-24+. The minimum absolute atomic E-state index is 0.451. The van der Waals surface area contributed by atoms with Gasteiger partial charge in [-0.1, -0.05) is 120 Å². The van der Waals surface area contributed by atoms with Crippen molar-refractivity contribution in [3.8, 4) is 0 Å². The Bertz CT molecular complexity index is 1000. The maximum absolute atomic E-state index is 4.76. The van der Waals surface area contributed by atoms with Crippen molar-refractivity contribution in [2.24, 2.45) is 41.4 Å². The van der Waals surface area contributed by atoms with Gasteiger partial charge in [0, 0.05) is 0 Å². The first-order valence-corrected chi connectivity index (χ1v) is 15.4. The van der Waals surface area contributed by atoms with Crippen LogP contribution in [0.4, 0.5) is 0 Å². The van der Waals surface area contributed by atoms with Gasteiger partial charge in [0.25, 0.3) is 0 Å². The Kier molecular flexibility index (Phi) is 13.1. The van der Waals surface area contributed by atoms with E-state index in [4.69, 9.17) is 6.58 Å². The van der Waals surface area contributed by atoms with Crippen molar-refractivity contribution < 1.29 is 0 Å². The number of allylic oxidation sites excluding steroid dienone is 15. The van der Waals surface area contributed by atoms with Crippen LogP contribution in [0.3, 0.4) is 0 Å². The fourth-order valence-electron chi connectivity index (χ4n) is 6.93. The molecule has 0 radical (unpaired) electrons. The molecule has 2 aliphatic carbocycles. The Balaban J connectivity index is 2.46. The maximum atomic E-state index is 4.76. The molecule has 0 N–H and O–H groups in total. The van der Waals surface area contributed by atoms with Crippen molar-refractivity contribution in [3.63, 3.8) is 0 Å². The van der Waals surface area contributed by atoms with Crippen LogP contribution in [0, 0.1) is 41.4 Å². The van der Waals surface area contributed by atoms with Crippen molar-refractivity contribution >= 4 is 0 Å². The van der Waals surface area contributed by atoms with E-state index in [1.54, 1.807) is 5.57 Å². The minimum atomic E-state index is 0.451. The summed E-state index contributed by atoms with van der Waals surface area (Å²) in [4.78, 5) is 0. The average molecular weight is 515 g/mol. The molecular formula is C38H58. The zero-order chi connectivity index (χ0) is 28.4. The lowest BCUT2D eigenvalue weighted by atomic mass is 9.69. The van der Waals surface area contributed by atoms with Crippen LogP contribution < -0.4 is 0 Å². The highest BCUT2D eigenvalue weighted by Crippen LogP contribution is 2.41. The molecule has 0 fully saturated rings. The molecule has 0 saturated carbocycles. The summed E-state index contributed by atoms with van der Waals surface area (Å²) < 4.78 is 0. The Hall–Kier alpha value is -2.08. The maximum Gasteiger partial charge on any atom is -0.0108 e. The van der Waals surface area contributed by atoms with E-state index in [-0.39, 0.29) is 0 Å². The first-order chi connectivity index (χ1) is 18.0. The molecule has 0 aliphatic heterocycles. The van der Waals surface area contributed by atoms with Crippen molar-refractivity contribution in [3.05, 3.63) is 94.7 Å². The van der Waals surface area contributed by atoms with Crippen LogP contribution in [-0.4, -0.2) is 0 Å². The lowest BCUT2D eigenvalue weighted by Gasteiger charge is -2.35. The second kappa shape index (κ2) is 15.5. The summed E-state index contributed by atoms with van der Waals surface area (Å²) in [6.07, 6.45) is 27.1. The van der Waals surface area contributed by atoms with Crippen molar-refractivity contribution in [1.29, 1.82) is 0 Å². The summed E-state index contributed by atoms with van der Waals surface area (Å²) >= 11 is 0. The first-order valence-electron chi connectivity index (χ1n) is 15.4. The summed E-state index contributed by atoms with van der Waals surface area (Å²) in [5.41, 5.74) is 8.49. The molecular weight excluding hydrogens is 456 g/mol. The molecule has 0 saturated heterocycles. The minimum Gasteiger partial charge on any atom is -0.0953 e. The monoisotopic (exact) mass is 514 g/mol. The molecule has 2 bridgehead atoms. The number of fused-ring (bicyclic) bond motifs is 1. The van der Waals surface area contributed by atoms with E-state index in [2.05, 4.69) is 124 Å². The largest absolute Gasteiger partial charge is 0.0953 e. The predicted molar refractivity (Wildman–Crippen MR) is 172 cm³/mol. The third-order valence-corrected chi connectivity index (χ3v) is 9.41. The van der Waals surface area contributed by atoms with Gasteiger partial charge in [0.05, 0.1) is 0 Å². The third kappa shape index (κ3) is 9.29. The van der Waals surface area contributed by atoms with Crippen LogP contribution in [0.1, 0.15) is 101 Å². The molecule has 2 aliphatic rings. The van der Waals surface area contributed by atoms with Gasteiger partial charge in [0.1, 0.15) is 0 Å². The molecule has 7 unspecified atom stereocenters. The Morgan fingerprint density at radius 2 is 1.79 bits per heavy atom. The van der Waals surface area contributed by atoms with Gasteiger partial charge in [-0.15, -0.1) is 0 Å². The normalized spacial score (nSPS) is 34.4. The first kappa shape index (κ1) is 32.1. The molecule has 0 heterocycles. The number of rotatable bonds is 5. The van der Waals surface area contributed by atoms with Gasteiger partial charge in [-0.3, -0.25) is 0 Å². The number of hydrogen-bond acceptors (Lipinski definition) is 0. The van der Waals surface area contributed by atoms with Crippen molar-refractivity contribution in [2.75, 3.05) is 0 Å². The zero-order valence-electron chi connectivity index (χ0n) is 26.5. The van der Waals surface area contributed by atoms with Crippen LogP contribution >= 0.6 is 0 Å². The highest BCUT2D eigenvalue weighted by atomic mass is 14.3. The molecule has 0 aromatic carbocycles. The van der Waals surface area contributed by atoms with Crippen LogP contribution in [0.25, 0.3) is 0 Å². The van der Waals surface area contributed by atoms with E-state index in [9.17, 15) is 0 Å². The lowest BCUT2D eigenvalue weighted by Crippen LogP contribution is -2.27. The molecule has 0 spiro atoms. The van der Waals surface area contributed by atoms with Crippen LogP contribution in [0.5, 0.6) is 0 Å². The smallest absolute Gasteiger partial charge is 0.0108 e. The van der Waals surface area contributed by atoms with Gasteiger partial charge in [0.2, 0.25) is 0 Å². The van der Waals surface area contributed by atoms with Gasteiger partial charge < -0.3 is 0 Å². The molecule has 38 heavy (non-hydrogen) atoms. The fraction of sp³-hybridized carbons (Fsp3) is 0.579. The van der Waals surface area contributed by atoms with Gasteiger partial charge in [-0.25, -0.2) is 0 Å². The molecule has 0 aromatic heterocycles. The lowest BCUT2D eigenvalue weighted by molar-refractivity contribution is 0.230. The van der Waals surface area contributed by atoms with E-state index in [1.807, 2.05) is 0 Å². The highest BCUT2D eigenvalue weighted by Gasteiger charge is 2.30. The quantitative estimate of drug-likeness (QED) is 0.320. The van der Waals surface area contributed by atoms with Crippen LogP contribution in [0.2, 0.25) is 0 Å². The summed E-state index contributed by atoms with van der Waals surface area (Å²) in [6, 6.07) is 0. The third-order valence-electron chi connectivity index (χ3n) is 9.41. The van der Waals surface area contributed by atoms with E-state index in [0.717, 1.165) is 19.3 Å². The van der Waals surface area contributed by atoms with Crippen molar-refractivity contribution in [2.45, 2.75) is 101 Å². The molecule has 0 amide bonds. The fourth-order valence-corrected chi connectivity index (χ4v) is 6.93. The Morgan fingerprint density at radius 3 is 2.45 bits per heavy atom. The molecule has 210 valence electrons. The van der Waals surface area contributed by atoms with Gasteiger partial charge in [0.15, 0.2) is 0 Å². The van der Waals surface area contributed by atoms with Gasteiger partial charge in [-0.2, -0.15) is 0 Å². The SMILES string of the molecule is C=C1/C(C)=C/C2=CCC(=C2)C(CC)C(C)CC(C)/C=C/C=C\CC(C)C(C)C1C(C)C/C(C)=C/C(C)=C/C. The molecule has 7 atom stereocenters. The van der Waals surface area contributed by atoms with E-state index < -0.39 is 0 Å².